The summed E-state index contributed by atoms with van der Waals surface area (Å²) in [7, 11) is 0. The van der Waals surface area contributed by atoms with Gasteiger partial charge in [-0.2, -0.15) is 0 Å². The third kappa shape index (κ3) is 2.94. The van der Waals surface area contributed by atoms with Crippen LogP contribution in [0, 0.1) is 13.8 Å². The van der Waals surface area contributed by atoms with Crippen LogP contribution in [0.3, 0.4) is 0 Å². The molecular weight excluding hydrogens is 304 g/mol. The van der Waals surface area contributed by atoms with Gasteiger partial charge >= 0.3 is 0 Å². The maximum Gasteiger partial charge on any atom is 0.258 e. The highest BCUT2D eigenvalue weighted by atomic mass is 32.1. The Hall–Kier alpha value is -2.33. The molecule has 0 radical (unpaired) electrons. The second-order valence-electron chi connectivity index (χ2n) is 5.52. The third-order valence-corrected chi connectivity index (χ3v) is 5.30. The van der Waals surface area contributed by atoms with Crippen LogP contribution in [-0.4, -0.2) is 10.5 Å². The SMILES string of the molecule is CCc1ccccc1NC(=O)c1c(-n2cccc2)sc(C)c1C. The molecule has 0 saturated heterocycles. The second kappa shape index (κ2) is 6.42. The number of rotatable bonds is 4. The fourth-order valence-electron chi connectivity index (χ4n) is 2.66. The van der Waals surface area contributed by atoms with Crippen molar-refractivity contribution >= 4 is 22.9 Å². The summed E-state index contributed by atoms with van der Waals surface area (Å²) in [5.74, 6) is -0.0450. The van der Waals surface area contributed by atoms with Crippen LogP contribution in [-0.2, 0) is 6.42 Å². The average Bonchev–Trinajstić information content (AvgIpc) is 3.17. The van der Waals surface area contributed by atoms with Crippen LogP contribution in [0.25, 0.3) is 5.00 Å². The van der Waals surface area contributed by atoms with E-state index in [1.165, 1.54) is 4.88 Å². The first-order valence-corrected chi connectivity index (χ1v) is 8.56. The molecule has 0 bridgehead atoms. The van der Waals surface area contributed by atoms with Gasteiger partial charge in [0.25, 0.3) is 5.91 Å². The van der Waals surface area contributed by atoms with Crippen molar-refractivity contribution < 1.29 is 4.79 Å². The highest BCUT2D eigenvalue weighted by molar-refractivity contribution is 7.15. The van der Waals surface area contributed by atoms with Crippen molar-refractivity contribution in [3.05, 3.63) is 70.4 Å². The molecule has 0 unspecified atom stereocenters. The number of carbonyl (C=O) groups excluding carboxylic acids is 1. The van der Waals surface area contributed by atoms with Gasteiger partial charge in [-0.1, -0.05) is 25.1 Å². The number of aromatic nitrogens is 1. The first-order chi connectivity index (χ1) is 11.1. The van der Waals surface area contributed by atoms with Gasteiger partial charge in [0.2, 0.25) is 0 Å². The smallest absolute Gasteiger partial charge is 0.258 e. The average molecular weight is 324 g/mol. The van der Waals surface area contributed by atoms with Gasteiger partial charge in [0.1, 0.15) is 5.00 Å². The molecule has 0 atom stereocenters. The van der Waals surface area contributed by atoms with E-state index in [9.17, 15) is 4.79 Å². The predicted molar refractivity (Wildman–Crippen MR) is 96.9 cm³/mol. The normalized spacial score (nSPS) is 10.7. The summed E-state index contributed by atoms with van der Waals surface area (Å²) in [6.07, 6.45) is 4.84. The molecule has 23 heavy (non-hydrogen) atoms. The van der Waals surface area contributed by atoms with Crippen molar-refractivity contribution in [1.29, 1.82) is 0 Å². The molecule has 118 valence electrons. The van der Waals surface area contributed by atoms with Gasteiger partial charge in [0.05, 0.1) is 5.56 Å². The van der Waals surface area contributed by atoms with Crippen LogP contribution < -0.4 is 5.32 Å². The Labute approximate surface area is 140 Å². The molecule has 4 heteroatoms. The number of anilines is 1. The summed E-state index contributed by atoms with van der Waals surface area (Å²) in [6.45, 7) is 6.17. The minimum atomic E-state index is -0.0450. The maximum atomic E-state index is 12.9. The number of carbonyl (C=O) groups is 1. The van der Waals surface area contributed by atoms with E-state index >= 15 is 0 Å². The summed E-state index contributed by atoms with van der Waals surface area (Å²) in [5.41, 5.74) is 3.84. The number of benzene rings is 1. The third-order valence-electron chi connectivity index (χ3n) is 4.08. The lowest BCUT2D eigenvalue weighted by molar-refractivity contribution is 0.102. The number of nitrogens with one attached hydrogen (secondary N) is 1. The minimum absolute atomic E-state index is 0.0450. The number of hydrogen-bond donors (Lipinski definition) is 1. The number of nitrogens with zero attached hydrogens (tertiary/aromatic N) is 1. The molecule has 0 aliphatic carbocycles. The molecule has 0 fully saturated rings. The van der Waals surface area contributed by atoms with Gasteiger partial charge in [-0.05, 0) is 49.6 Å². The van der Waals surface area contributed by atoms with Gasteiger partial charge in [0.15, 0.2) is 0 Å². The molecular formula is C19H20N2OS. The summed E-state index contributed by atoms with van der Waals surface area (Å²) in [5, 5.41) is 4.06. The van der Waals surface area contributed by atoms with Gasteiger partial charge in [-0.15, -0.1) is 11.3 Å². The van der Waals surface area contributed by atoms with Gasteiger partial charge in [-0.3, -0.25) is 4.79 Å². The zero-order chi connectivity index (χ0) is 16.4. The first-order valence-electron chi connectivity index (χ1n) is 7.74. The van der Waals surface area contributed by atoms with E-state index in [-0.39, 0.29) is 5.91 Å². The fraction of sp³-hybridized carbons (Fsp3) is 0.211. The Morgan fingerprint density at radius 3 is 2.52 bits per heavy atom. The molecule has 3 nitrogen and oxygen atoms in total. The van der Waals surface area contributed by atoms with E-state index in [1.54, 1.807) is 11.3 Å². The standard InChI is InChI=1S/C19H20N2OS/c1-4-15-9-5-6-10-16(15)20-18(22)17-13(2)14(3)23-19(17)21-11-7-8-12-21/h5-12H,4H2,1-3H3,(H,20,22). The number of amides is 1. The van der Waals surface area contributed by atoms with E-state index in [0.717, 1.165) is 33.8 Å². The molecule has 0 aliphatic rings. The molecule has 0 aliphatic heterocycles. The number of para-hydroxylation sites is 1. The molecule has 0 saturated carbocycles. The minimum Gasteiger partial charge on any atom is -0.322 e. The summed E-state index contributed by atoms with van der Waals surface area (Å²) < 4.78 is 2.01. The van der Waals surface area contributed by atoms with Gasteiger partial charge < -0.3 is 9.88 Å². The predicted octanol–water partition coefficient (Wildman–Crippen LogP) is 4.97. The topological polar surface area (TPSA) is 34.0 Å². The second-order valence-corrected chi connectivity index (χ2v) is 6.72. The van der Waals surface area contributed by atoms with Crippen LogP contribution in [0.15, 0.2) is 48.8 Å². The molecule has 1 amide bonds. The summed E-state index contributed by atoms with van der Waals surface area (Å²) in [6, 6.07) is 11.9. The highest BCUT2D eigenvalue weighted by Crippen LogP contribution is 2.31. The monoisotopic (exact) mass is 324 g/mol. The molecule has 0 spiro atoms. The van der Waals surface area contributed by atoms with E-state index < -0.39 is 0 Å². The molecule has 2 heterocycles. The van der Waals surface area contributed by atoms with Gasteiger partial charge in [0, 0.05) is 23.0 Å². The maximum absolute atomic E-state index is 12.9. The quantitative estimate of drug-likeness (QED) is 0.722. The number of thiophene rings is 1. The highest BCUT2D eigenvalue weighted by Gasteiger charge is 2.21. The zero-order valence-corrected chi connectivity index (χ0v) is 14.4. The van der Waals surface area contributed by atoms with Crippen molar-refractivity contribution in [3.63, 3.8) is 0 Å². The molecule has 1 aromatic carbocycles. The van der Waals surface area contributed by atoms with E-state index in [4.69, 9.17) is 0 Å². The van der Waals surface area contributed by atoms with Crippen molar-refractivity contribution in [1.82, 2.24) is 4.57 Å². The Morgan fingerprint density at radius 2 is 1.83 bits per heavy atom. The molecule has 2 aromatic heterocycles. The number of hydrogen-bond acceptors (Lipinski definition) is 2. The van der Waals surface area contributed by atoms with Crippen LogP contribution >= 0.6 is 11.3 Å². The Bertz CT molecular complexity index is 831. The van der Waals surface area contributed by atoms with Crippen molar-refractivity contribution in [2.45, 2.75) is 27.2 Å². The molecule has 1 N–H and O–H groups in total. The molecule has 3 rings (SSSR count). The van der Waals surface area contributed by atoms with E-state index in [1.807, 2.05) is 60.3 Å². The zero-order valence-electron chi connectivity index (χ0n) is 13.6. The fourth-order valence-corrected chi connectivity index (χ4v) is 3.78. The molecule has 3 aromatic rings. The van der Waals surface area contributed by atoms with Crippen LogP contribution in [0.4, 0.5) is 5.69 Å². The van der Waals surface area contributed by atoms with Crippen LogP contribution in [0.5, 0.6) is 0 Å². The number of aryl methyl sites for hydroxylation is 2. The first kappa shape index (κ1) is 15.6. The van der Waals surface area contributed by atoms with Crippen molar-refractivity contribution in [2.75, 3.05) is 5.32 Å². The van der Waals surface area contributed by atoms with Crippen molar-refractivity contribution in [2.24, 2.45) is 0 Å². The van der Waals surface area contributed by atoms with Crippen LogP contribution in [0.2, 0.25) is 0 Å². The van der Waals surface area contributed by atoms with E-state index in [2.05, 4.69) is 19.2 Å². The van der Waals surface area contributed by atoms with Gasteiger partial charge in [-0.25, -0.2) is 0 Å². The lowest BCUT2D eigenvalue weighted by Crippen LogP contribution is -2.15. The van der Waals surface area contributed by atoms with Crippen LogP contribution in [0.1, 0.15) is 33.3 Å². The lowest BCUT2D eigenvalue weighted by atomic mass is 10.1. The van der Waals surface area contributed by atoms with Crippen molar-refractivity contribution in [3.8, 4) is 5.00 Å². The lowest BCUT2D eigenvalue weighted by Gasteiger charge is -2.11. The Balaban J connectivity index is 2.00. The summed E-state index contributed by atoms with van der Waals surface area (Å²) >= 11 is 1.65. The Morgan fingerprint density at radius 1 is 1.13 bits per heavy atom. The Kier molecular flexibility index (Phi) is 4.35. The summed E-state index contributed by atoms with van der Waals surface area (Å²) in [4.78, 5) is 14.1. The largest absolute Gasteiger partial charge is 0.322 e. The van der Waals surface area contributed by atoms with E-state index in [0.29, 0.717) is 0 Å².